The molecule has 0 aromatic carbocycles. The Balaban J connectivity index is 2.52. The third-order valence-corrected chi connectivity index (χ3v) is 2.85. The van der Waals surface area contributed by atoms with Gasteiger partial charge in [-0.15, -0.1) is 0 Å². The van der Waals surface area contributed by atoms with E-state index in [1.165, 1.54) is 23.1 Å². The van der Waals surface area contributed by atoms with E-state index in [4.69, 9.17) is 5.11 Å². The average molecular weight is 256 g/mol. The van der Waals surface area contributed by atoms with E-state index in [-0.39, 0.29) is 12.5 Å². The smallest absolute Gasteiger partial charge is 0.236 e. The van der Waals surface area contributed by atoms with Gasteiger partial charge in [0.2, 0.25) is 5.91 Å². The quantitative estimate of drug-likeness (QED) is 0.794. The number of rotatable bonds is 4. The number of nitrogens with one attached hydrogen (secondary N) is 1. The van der Waals surface area contributed by atoms with Crippen molar-refractivity contribution in [2.24, 2.45) is 0 Å². The standard InChI is InChI=1S/C10H12N2O2S2/c1-15-7-9(14)12-10-11-6-8(16-10)4-2-3-5-13/h6,13H,3,5,7H2,1H3,(H,11,12,14). The summed E-state index contributed by atoms with van der Waals surface area (Å²) in [5.41, 5.74) is 0. The average Bonchev–Trinajstić information content (AvgIpc) is 2.66. The monoisotopic (exact) mass is 256 g/mol. The number of carbonyl (C=O) groups is 1. The maximum absolute atomic E-state index is 11.2. The van der Waals surface area contributed by atoms with Gasteiger partial charge in [0.25, 0.3) is 0 Å². The fraction of sp³-hybridized carbons (Fsp3) is 0.400. The number of amides is 1. The maximum Gasteiger partial charge on any atom is 0.236 e. The number of carbonyl (C=O) groups excluding carboxylic acids is 1. The first kappa shape index (κ1) is 13.0. The summed E-state index contributed by atoms with van der Waals surface area (Å²) in [5.74, 6) is 6.02. The summed E-state index contributed by atoms with van der Waals surface area (Å²) in [7, 11) is 0. The van der Waals surface area contributed by atoms with Crippen molar-refractivity contribution in [1.82, 2.24) is 4.98 Å². The predicted octanol–water partition coefficient (Wildman–Crippen LogP) is 1.18. The minimum absolute atomic E-state index is 0.0586. The van der Waals surface area contributed by atoms with Crippen LogP contribution in [0.4, 0.5) is 5.13 Å². The van der Waals surface area contributed by atoms with Crippen LogP contribution in [0.15, 0.2) is 6.20 Å². The van der Waals surface area contributed by atoms with Crippen molar-refractivity contribution in [2.75, 3.05) is 23.9 Å². The Morgan fingerprint density at radius 2 is 2.56 bits per heavy atom. The molecule has 0 spiro atoms. The first-order valence-corrected chi connectivity index (χ1v) is 6.81. The highest BCUT2D eigenvalue weighted by atomic mass is 32.2. The van der Waals surface area contributed by atoms with Crippen LogP contribution in [0.1, 0.15) is 11.3 Å². The molecule has 0 unspecified atom stereocenters. The number of aliphatic hydroxyl groups is 1. The topological polar surface area (TPSA) is 62.2 Å². The van der Waals surface area contributed by atoms with Gasteiger partial charge >= 0.3 is 0 Å². The number of hydrogen-bond donors (Lipinski definition) is 2. The first-order valence-electron chi connectivity index (χ1n) is 4.60. The zero-order valence-corrected chi connectivity index (χ0v) is 10.5. The molecule has 1 heterocycles. The van der Waals surface area contributed by atoms with E-state index in [0.29, 0.717) is 17.3 Å². The van der Waals surface area contributed by atoms with Gasteiger partial charge in [-0.3, -0.25) is 4.79 Å². The van der Waals surface area contributed by atoms with Crippen LogP contribution in [0.3, 0.4) is 0 Å². The molecule has 0 bridgehead atoms. The summed E-state index contributed by atoms with van der Waals surface area (Å²) >= 11 is 2.79. The zero-order chi connectivity index (χ0) is 11.8. The summed E-state index contributed by atoms with van der Waals surface area (Å²) in [6, 6.07) is 0. The van der Waals surface area contributed by atoms with Crippen molar-refractivity contribution < 1.29 is 9.90 Å². The molecule has 2 N–H and O–H groups in total. The zero-order valence-electron chi connectivity index (χ0n) is 8.82. The molecule has 0 aliphatic carbocycles. The molecule has 0 radical (unpaired) electrons. The minimum atomic E-state index is -0.0586. The summed E-state index contributed by atoms with van der Waals surface area (Å²) < 4.78 is 0. The summed E-state index contributed by atoms with van der Waals surface area (Å²) in [6.07, 6.45) is 3.93. The number of thioether (sulfide) groups is 1. The van der Waals surface area contributed by atoms with Crippen LogP contribution in [0.25, 0.3) is 0 Å². The lowest BCUT2D eigenvalue weighted by atomic mass is 10.4. The summed E-state index contributed by atoms with van der Waals surface area (Å²) in [5, 5.41) is 11.8. The van der Waals surface area contributed by atoms with Gasteiger partial charge in [-0.2, -0.15) is 11.8 Å². The molecule has 0 saturated carbocycles. The molecule has 0 fully saturated rings. The van der Waals surface area contributed by atoms with Gasteiger partial charge in [-0.05, 0) is 6.26 Å². The Hall–Kier alpha value is -1.03. The molecule has 0 atom stereocenters. The van der Waals surface area contributed by atoms with Crippen molar-refractivity contribution in [2.45, 2.75) is 6.42 Å². The Bertz CT molecular complexity index is 406. The molecule has 1 rings (SSSR count). The van der Waals surface area contributed by atoms with Crippen molar-refractivity contribution in [3.8, 4) is 11.8 Å². The van der Waals surface area contributed by atoms with Gasteiger partial charge < -0.3 is 10.4 Å². The molecular formula is C10H12N2O2S2. The van der Waals surface area contributed by atoms with E-state index in [0.717, 1.165) is 4.88 Å². The number of aliphatic hydroxyl groups excluding tert-OH is 1. The number of aromatic nitrogens is 1. The minimum Gasteiger partial charge on any atom is -0.395 e. The number of anilines is 1. The van der Waals surface area contributed by atoms with Crippen LogP contribution in [-0.4, -0.2) is 34.6 Å². The fourth-order valence-electron chi connectivity index (χ4n) is 0.882. The largest absolute Gasteiger partial charge is 0.395 e. The molecule has 0 aliphatic rings. The van der Waals surface area contributed by atoms with Crippen molar-refractivity contribution in [3.05, 3.63) is 11.1 Å². The van der Waals surface area contributed by atoms with Gasteiger partial charge in [0, 0.05) is 6.42 Å². The van der Waals surface area contributed by atoms with Crippen LogP contribution < -0.4 is 5.32 Å². The maximum atomic E-state index is 11.2. The molecule has 1 amide bonds. The van der Waals surface area contributed by atoms with Crippen molar-refractivity contribution in [3.63, 3.8) is 0 Å². The molecule has 16 heavy (non-hydrogen) atoms. The second-order valence-electron chi connectivity index (χ2n) is 2.79. The Labute approximate surface area is 102 Å². The van der Waals surface area contributed by atoms with Gasteiger partial charge in [0.15, 0.2) is 5.13 Å². The predicted molar refractivity (Wildman–Crippen MR) is 67.7 cm³/mol. The third kappa shape index (κ3) is 4.66. The Kier molecular flexibility index (Phi) is 5.93. The molecule has 1 aromatic rings. The lowest BCUT2D eigenvalue weighted by molar-refractivity contribution is -0.113. The van der Waals surface area contributed by atoms with Crippen LogP contribution in [-0.2, 0) is 4.79 Å². The highest BCUT2D eigenvalue weighted by molar-refractivity contribution is 7.99. The molecule has 4 nitrogen and oxygen atoms in total. The number of hydrogen-bond acceptors (Lipinski definition) is 5. The Morgan fingerprint density at radius 1 is 1.75 bits per heavy atom. The second-order valence-corrected chi connectivity index (χ2v) is 4.68. The van der Waals surface area contributed by atoms with Crippen LogP contribution in [0, 0.1) is 11.8 Å². The number of nitrogens with zero attached hydrogens (tertiary/aromatic N) is 1. The fourth-order valence-corrected chi connectivity index (χ4v) is 1.92. The second kappa shape index (κ2) is 7.28. The van der Waals surface area contributed by atoms with E-state index in [1.54, 1.807) is 6.20 Å². The molecule has 0 saturated heterocycles. The Morgan fingerprint density at radius 3 is 3.25 bits per heavy atom. The molecular weight excluding hydrogens is 244 g/mol. The van der Waals surface area contributed by atoms with Crippen LogP contribution >= 0.6 is 23.1 Å². The lowest BCUT2D eigenvalue weighted by Gasteiger charge is -1.97. The molecule has 0 aliphatic heterocycles. The van der Waals surface area contributed by atoms with Crippen molar-refractivity contribution in [1.29, 1.82) is 0 Å². The highest BCUT2D eigenvalue weighted by Gasteiger charge is 2.04. The van der Waals surface area contributed by atoms with Gasteiger partial charge in [-0.25, -0.2) is 4.98 Å². The van der Waals surface area contributed by atoms with E-state index in [1.807, 2.05) is 6.26 Å². The van der Waals surface area contributed by atoms with E-state index >= 15 is 0 Å². The molecule has 86 valence electrons. The number of thiazole rings is 1. The SMILES string of the molecule is CSCC(=O)Nc1ncc(C#CCCO)s1. The van der Waals surface area contributed by atoms with Gasteiger partial charge in [0.05, 0.1) is 23.4 Å². The molecule has 6 heteroatoms. The normalized spacial score (nSPS) is 9.38. The highest BCUT2D eigenvalue weighted by Crippen LogP contribution is 2.17. The van der Waals surface area contributed by atoms with Gasteiger partial charge in [0.1, 0.15) is 0 Å². The van der Waals surface area contributed by atoms with Crippen LogP contribution in [0.5, 0.6) is 0 Å². The van der Waals surface area contributed by atoms with Crippen LogP contribution in [0.2, 0.25) is 0 Å². The van der Waals surface area contributed by atoms with E-state index in [9.17, 15) is 4.79 Å². The van der Waals surface area contributed by atoms with Crippen molar-refractivity contribution >= 4 is 34.1 Å². The lowest BCUT2D eigenvalue weighted by Crippen LogP contribution is -2.13. The van der Waals surface area contributed by atoms with E-state index in [2.05, 4.69) is 22.1 Å². The van der Waals surface area contributed by atoms with Gasteiger partial charge in [-0.1, -0.05) is 23.2 Å². The summed E-state index contributed by atoms with van der Waals surface area (Å²) in [6.45, 7) is 0.0587. The summed E-state index contributed by atoms with van der Waals surface area (Å²) in [4.78, 5) is 16.1. The third-order valence-electron chi connectivity index (χ3n) is 1.48. The first-order chi connectivity index (χ1) is 7.76. The molecule has 1 aromatic heterocycles. The van der Waals surface area contributed by atoms with E-state index < -0.39 is 0 Å².